The van der Waals surface area contributed by atoms with Crippen LogP contribution in [0.4, 0.5) is 0 Å². The second kappa shape index (κ2) is 6.66. The number of aryl methyl sites for hydroxylation is 1. The van der Waals surface area contributed by atoms with E-state index in [2.05, 4.69) is 39.3 Å². The Bertz CT molecular complexity index is 1340. The summed E-state index contributed by atoms with van der Waals surface area (Å²) in [6.45, 7) is 2.10. The number of hydrogen-bond acceptors (Lipinski definition) is 6. The molecule has 0 saturated carbocycles. The van der Waals surface area contributed by atoms with Crippen LogP contribution in [-0.4, -0.2) is 41.7 Å². The maximum Gasteiger partial charge on any atom is 0.177 e. The Hall–Kier alpha value is -3.81. The maximum absolute atomic E-state index is 5.30. The lowest BCUT2D eigenvalue weighted by Crippen LogP contribution is -2.05. The van der Waals surface area contributed by atoms with E-state index in [4.69, 9.17) is 9.84 Å². The van der Waals surface area contributed by atoms with Gasteiger partial charge in [-0.15, -0.1) is 10.2 Å². The molecular formula is C21H19N7O. The van der Waals surface area contributed by atoms with Crippen molar-refractivity contribution in [1.29, 1.82) is 0 Å². The third-order valence-electron chi connectivity index (χ3n) is 5.09. The number of hydrogen-bond donors (Lipinski definition) is 0. The van der Waals surface area contributed by atoms with Crippen molar-refractivity contribution in [3.8, 4) is 17.0 Å². The summed E-state index contributed by atoms with van der Waals surface area (Å²) in [5.74, 6) is 1.51. The van der Waals surface area contributed by atoms with Crippen LogP contribution in [0.25, 0.3) is 27.8 Å². The van der Waals surface area contributed by atoms with Crippen LogP contribution in [0.2, 0.25) is 0 Å². The van der Waals surface area contributed by atoms with E-state index in [0.717, 1.165) is 39.3 Å². The number of rotatable bonds is 4. The molecule has 4 aromatic heterocycles. The van der Waals surface area contributed by atoms with Gasteiger partial charge in [-0.2, -0.15) is 14.7 Å². The van der Waals surface area contributed by atoms with Gasteiger partial charge in [0.2, 0.25) is 0 Å². The number of nitrogens with zero attached hydrogens (tertiary/aromatic N) is 7. The van der Waals surface area contributed by atoms with Crippen molar-refractivity contribution < 1.29 is 4.74 Å². The third kappa shape index (κ3) is 2.98. The highest BCUT2D eigenvalue weighted by Gasteiger charge is 2.18. The molecule has 144 valence electrons. The van der Waals surface area contributed by atoms with Crippen molar-refractivity contribution in [3.05, 3.63) is 66.4 Å². The minimum Gasteiger partial charge on any atom is -0.495 e. The maximum atomic E-state index is 5.30. The predicted molar refractivity (Wildman–Crippen MR) is 109 cm³/mol. The van der Waals surface area contributed by atoms with Gasteiger partial charge in [0.25, 0.3) is 0 Å². The summed E-state index contributed by atoms with van der Waals surface area (Å²) in [7, 11) is 3.53. The SMILES string of the molecule is COc1cnc2ccc(C(C)c3nnc4ccc(-c5cnn(C)c5)nn34)cc2c1. The quantitative estimate of drug-likeness (QED) is 0.472. The predicted octanol–water partition coefficient (Wildman–Crippen LogP) is 3.23. The van der Waals surface area contributed by atoms with Crippen LogP contribution in [0.3, 0.4) is 0 Å². The molecule has 0 fully saturated rings. The average Bonchev–Trinajstić information content (AvgIpc) is 3.38. The number of aromatic nitrogens is 7. The summed E-state index contributed by atoms with van der Waals surface area (Å²) in [5.41, 5.74) is 4.51. The number of benzene rings is 1. The van der Waals surface area contributed by atoms with Crippen LogP contribution in [0.15, 0.2) is 55.0 Å². The van der Waals surface area contributed by atoms with Crippen LogP contribution < -0.4 is 4.74 Å². The summed E-state index contributed by atoms with van der Waals surface area (Å²) in [5, 5.41) is 18.7. The van der Waals surface area contributed by atoms with Crippen LogP contribution in [0.5, 0.6) is 5.75 Å². The molecule has 0 N–H and O–H groups in total. The van der Waals surface area contributed by atoms with Gasteiger partial charge in [-0.05, 0) is 35.9 Å². The molecule has 4 heterocycles. The Kier molecular flexibility index (Phi) is 3.97. The lowest BCUT2D eigenvalue weighted by Gasteiger charge is -2.11. The van der Waals surface area contributed by atoms with E-state index < -0.39 is 0 Å². The third-order valence-corrected chi connectivity index (χ3v) is 5.09. The minimum atomic E-state index is -0.00255. The second-order valence-electron chi connectivity index (χ2n) is 7.00. The Morgan fingerprint density at radius 3 is 2.72 bits per heavy atom. The van der Waals surface area contributed by atoms with Crippen molar-refractivity contribution in [2.24, 2.45) is 7.05 Å². The van der Waals surface area contributed by atoms with Gasteiger partial charge >= 0.3 is 0 Å². The first-order chi connectivity index (χ1) is 14.1. The van der Waals surface area contributed by atoms with Crippen LogP contribution in [-0.2, 0) is 7.05 Å². The molecule has 0 aliphatic carbocycles. The zero-order chi connectivity index (χ0) is 20.0. The molecule has 0 aliphatic heterocycles. The molecular weight excluding hydrogens is 366 g/mol. The summed E-state index contributed by atoms with van der Waals surface area (Å²) < 4.78 is 8.87. The molecule has 0 amide bonds. The second-order valence-corrected chi connectivity index (χ2v) is 7.00. The van der Waals surface area contributed by atoms with E-state index in [1.165, 1.54) is 0 Å². The molecule has 1 aromatic carbocycles. The highest BCUT2D eigenvalue weighted by molar-refractivity contribution is 5.80. The van der Waals surface area contributed by atoms with Gasteiger partial charge in [0.1, 0.15) is 5.75 Å². The molecule has 1 atom stereocenters. The van der Waals surface area contributed by atoms with Gasteiger partial charge in [-0.25, -0.2) is 0 Å². The van der Waals surface area contributed by atoms with Crippen LogP contribution >= 0.6 is 0 Å². The zero-order valence-electron chi connectivity index (χ0n) is 16.3. The van der Waals surface area contributed by atoms with E-state index in [-0.39, 0.29) is 5.92 Å². The molecule has 0 spiro atoms. The van der Waals surface area contributed by atoms with E-state index in [9.17, 15) is 0 Å². The molecule has 8 heteroatoms. The molecule has 0 saturated heterocycles. The first-order valence-corrected chi connectivity index (χ1v) is 9.27. The monoisotopic (exact) mass is 385 g/mol. The van der Waals surface area contributed by atoms with Crippen LogP contribution in [0.1, 0.15) is 24.2 Å². The summed E-state index contributed by atoms with van der Waals surface area (Å²) in [4.78, 5) is 4.43. The largest absolute Gasteiger partial charge is 0.495 e. The highest BCUT2D eigenvalue weighted by Crippen LogP contribution is 2.27. The Labute approximate surface area is 166 Å². The van der Waals surface area contributed by atoms with Gasteiger partial charge in [0.05, 0.1) is 30.7 Å². The van der Waals surface area contributed by atoms with Gasteiger partial charge in [-0.3, -0.25) is 9.67 Å². The summed E-state index contributed by atoms with van der Waals surface area (Å²) >= 11 is 0. The van der Waals surface area contributed by atoms with Crippen molar-refractivity contribution >= 4 is 16.6 Å². The number of ether oxygens (including phenoxy) is 1. The topological polar surface area (TPSA) is 83.0 Å². The van der Waals surface area contributed by atoms with Crippen LogP contribution in [0, 0.1) is 0 Å². The zero-order valence-corrected chi connectivity index (χ0v) is 16.3. The van der Waals surface area contributed by atoms with Gasteiger partial charge in [-0.1, -0.05) is 13.0 Å². The molecule has 5 rings (SSSR count). The molecule has 0 aliphatic rings. The molecule has 0 radical (unpaired) electrons. The standard InChI is InChI=1S/C21H19N7O/c1-13(14-4-5-18-15(8-14)9-17(29-3)11-22-18)21-25-24-20-7-6-19(26-28(20)21)16-10-23-27(2)12-16/h4-13H,1-3H3. The normalized spacial score (nSPS) is 12.5. The Morgan fingerprint density at radius 1 is 1.03 bits per heavy atom. The Morgan fingerprint density at radius 2 is 1.93 bits per heavy atom. The van der Waals surface area contributed by atoms with E-state index in [1.807, 2.05) is 37.5 Å². The average molecular weight is 385 g/mol. The van der Waals surface area contributed by atoms with E-state index in [1.54, 1.807) is 28.7 Å². The van der Waals surface area contributed by atoms with Crippen molar-refractivity contribution in [1.82, 2.24) is 34.6 Å². The molecule has 0 bridgehead atoms. The van der Waals surface area contributed by atoms with Gasteiger partial charge in [0.15, 0.2) is 11.5 Å². The fourth-order valence-electron chi connectivity index (χ4n) is 3.44. The van der Waals surface area contributed by atoms with Crippen molar-refractivity contribution in [2.45, 2.75) is 12.8 Å². The fraction of sp³-hybridized carbons (Fsp3) is 0.190. The van der Waals surface area contributed by atoms with Crippen molar-refractivity contribution in [2.75, 3.05) is 7.11 Å². The lowest BCUT2D eigenvalue weighted by atomic mass is 9.98. The van der Waals surface area contributed by atoms with E-state index >= 15 is 0 Å². The van der Waals surface area contributed by atoms with E-state index in [0.29, 0.717) is 5.65 Å². The molecule has 8 nitrogen and oxygen atoms in total. The fourth-order valence-corrected chi connectivity index (χ4v) is 3.44. The number of pyridine rings is 1. The highest BCUT2D eigenvalue weighted by atomic mass is 16.5. The minimum absolute atomic E-state index is 0.00255. The first kappa shape index (κ1) is 17.3. The molecule has 29 heavy (non-hydrogen) atoms. The van der Waals surface area contributed by atoms with Gasteiger partial charge in [0, 0.05) is 30.1 Å². The summed E-state index contributed by atoms with van der Waals surface area (Å²) in [6, 6.07) is 12.0. The number of methoxy groups -OCH3 is 1. The first-order valence-electron chi connectivity index (χ1n) is 9.27. The van der Waals surface area contributed by atoms with Crippen molar-refractivity contribution in [3.63, 3.8) is 0 Å². The number of fused-ring (bicyclic) bond motifs is 2. The lowest BCUT2D eigenvalue weighted by molar-refractivity contribution is 0.414. The molecule has 5 aromatic rings. The summed E-state index contributed by atoms with van der Waals surface area (Å²) in [6.07, 6.45) is 5.46. The Balaban J connectivity index is 1.58. The molecule has 1 unspecified atom stereocenters. The smallest absolute Gasteiger partial charge is 0.177 e. The van der Waals surface area contributed by atoms with Gasteiger partial charge < -0.3 is 4.74 Å².